The summed E-state index contributed by atoms with van der Waals surface area (Å²) in [5.41, 5.74) is 0.501. The van der Waals surface area contributed by atoms with Crippen LogP contribution in [0.5, 0.6) is 0 Å². The van der Waals surface area contributed by atoms with Crippen molar-refractivity contribution in [3.05, 3.63) is 58.3 Å². The first-order chi connectivity index (χ1) is 12.0. The summed E-state index contributed by atoms with van der Waals surface area (Å²) >= 11 is 0. The van der Waals surface area contributed by atoms with E-state index in [1.54, 1.807) is 18.3 Å². The number of nitrogens with zero attached hydrogens (tertiary/aromatic N) is 2. The van der Waals surface area contributed by atoms with Crippen molar-refractivity contribution in [1.82, 2.24) is 10.3 Å². The molecule has 3 N–H and O–H groups in total. The van der Waals surface area contributed by atoms with Crippen LogP contribution in [0.1, 0.15) is 24.2 Å². The van der Waals surface area contributed by atoms with Gasteiger partial charge in [-0.3, -0.25) is 14.9 Å². The summed E-state index contributed by atoms with van der Waals surface area (Å²) in [6.45, 7) is 4.67. The zero-order valence-corrected chi connectivity index (χ0v) is 14.2. The smallest absolute Gasteiger partial charge is 0.293 e. The molecule has 1 heterocycles. The fourth-order valence-electron chi connectivity index (χ4n) is 2.17. The Morgan fingerprint density at radius 1 is 1.20 bits per heavy atom. The van der Waals surface area contributed by atoms with E-state index in [2.05, 4.69) is 20.9 Å². The number of amides is 1. The lowest BCUT2D eigenvalue weighted by Gasteiger charge is -2.11. The van der Waals surface area contributed by atoms with E-state index in [1.165, 1.54) is 6.07 Å². The molecule has 0 aliphatic heterocycles. The maximum Gasteiger partial charge on any atom is 0.293 e. The van der Waals surface area contributed by atoms with Gasteiger partial charge < -0.3 is 16.0 Å². The number of nitro groups is 1. The summed E-state index contributed by atoms with van der Waals surface area (Å²) in [6.07, 6.45) is 1.68. The SMILES string of the molecule is CC(C)NC(=O)c1ccc(NCCNc2ccccn2)c([N+](=O)[O-])c1. The Labute approximate surface area is 145 Å². The Kier molecular flexibility index (Phi) is 6.27. The summed E-state index contributed by atoms with van der Waals surface area (Å²) < 4.78 is 0. The van der Waals surface area contributed by atoms with E-state index in [0.717, 1.165) is 5.82 Å². The van der Waals surface area contributed by atoms with Crippen LogP contribution in [0.15, 0.2) is 42.6 Å². The number of hydrogen-bond donors (Lipinski definition) is 3. The highest BCUT2D eigenvalue weighted by Gasteiger charge is 2.17. The van der Waals surface area contributed by atoms with Crippen LogP contribution >= 0.6 is 0 Å². The highest BCUT2D eigenvalue weighted by atomic mass is 16.6. The molecule has 0 aliphatic rings. The Bertz CT molecular complexity index is 734. The summed E-state index contributed by atoms with van der Waals surface area (Å²) in [5.74, 6) is 0.404. The van der Waals surface area contributed by atoms with Crippen molar-refractivity contribution < 1.29 is 9.72 Å². The van der Waals surface area contributed by atoms with Crippen LogP contribution in [0.4, 0.5) is 17.2 Å². The Balaban J connectivity index is 1.99. The van der Waals surface area contributed by atoms with Crippen LogP contribution in [-0.2, 0) is 0 Å². The number of hydrogen-bond acceptors (Lipinski definition) is 6. The Morgan fingerprint density at radius 2 is 1.96 bits per heavy atom. The number of rotatable bonds is 8. The van der Waals surface area contributed by atoms with Crippen LogP contribution in [0, 0.1) is 10.1 Å². The van der Waals surface area contributed by atoms with Crippen molar-refractivity contribution in [2.75, 3.05) is 23.7 Å². The van der Waals surface area contributed by atoms with Gasteiger partial charge in [0.1, 0.15) is 11.5 Å². The van der Waals surface area contributed by atoms with Crippen LogP contribution in [0.3, 0.4) is 0 Å². The van der Waals surface area contributed by atoms with Crippen LogP contribution in [0.25, 0.3) is 0 Å². The van der Waals surface area contributed by atoms with E-state index in [0.29, 0.717) is 18.8 Å². The third-order valence-corrected chi connectivity index (χ3v) is 3.29. The standard InChI is InChI=1S/C17H21N5O3/c1-12(2)21-17(23)13-6-7-14(15(11-13)22(24)25)18-9-10-20-16-5-3-4-8-19-16/h3-8,11-12,18H,9-10H2,1-2H3,(H,19,20)(H,21,23). The van der Waals surface area contributed by atoms with E-state index in [9.17, 15) is 14.9 Å². The molecule has 0 bridgehead atoms. The molecule has 25 heavy (non-hydrogen) atoms. The fourth-order valence-corrected chi connectivity index (χ4v) is 2.17. The van der Waals surface area contributed by atoms with Gasteiger partial charge in [0, 0.05) is 37.0 Å². The van der Waals surface area contributed by atoms with Crippen molar-refractivity contribution in [1.29, 1.82) is 0 Å². The van der Waals surface area contributed by atoms with Gasteiger partial charge in [0.25, 0.3) is 11.6 Å². The van der Waals surface area contributed by atoms with Crippen molar-refractivity contribution in [2.45, 2.75) is 19.9 Å². The predicted molar refractivity (Wildman–Crippen MR) is 96.9 cm³/mol. The number of anilines is 2. The second-order valence-electron chi connectivity index (χ2n) is 5.69. The molecular formula is C17H21N5O3. The van der Waals surface area contributed by atoms with Gasteiger partial charge in [-0.15, -0.1) is 0 Å². The molecule has 0 atom stereocenters. The number of nitrogens with one attached hydrogen (secondary N) is 3. The minimum absolute atomic E-state index is 0.0398. The lowest BCUT2D eigenvalue weighted by molar-refractivity contribution is -0.384. The summed E-state index contributed by atoms with van der Waals surface area (Å²) in [5, 5.41) is 20.1. The number of carbonyl (C=O) groups excluding carboxylic acids is 1. The van der Waals surface area contributed by atoms with Crippen molar-refractivity contribution in [2.24, 2.45) is 0 Å². The molecule has 0 fully saturated rings. The minimum atomic E-state index is -0.499. The van der Waals surface area contributed by atoms with E-state index in [-0.39, 0.29) is 23.2 Å². The van der Waals surface area contributed by atoms with Gasteiger partial charge in [0.2, 0.25) is 0 Å². The maximum atomic E-state index is 12.0. The molecule has 0 radical (unpaired) electrons. The van der Waals surface area contributed by atoms with Gasteiger partial charge in [0.05, 0.1) is 4.92 Å². The first kappa shape index (κ1) is 18.2. The van der Waals surface area contributed by atoms with Crippen LogP contribution in [-0.4, -0.2) is 34.9 Å². The van der Waals surface area contributed by atoms with Gasteiger partial charge >= 0.3 is 0 Å². The number of benzene rings is 1. The zero-order chi connectivity index (χ0) is 18.2. The minimum Gasteiger partial charge on any atom is -0.378 e. The number of aromatic nitrogens is 1. The molecule has 132 valence electrons. The lowest BCUT2D eigenvalue weighted by Crippen LogP contribution is -2.30. The monoisotopic (exact) mass is 343 g/mol. The second kappa shape index (κ2) is 8.62. The fraction of sp³-hybridized carbons (Fsp3) is 0.294. The predicted octanol–water partition coefficient (Wildman–Crippen LogP) is 2.65. The van der Waals surface area contributed by atoms with Gasteiger partial charge in [0.15, 0.2) is 0 Å². The van der Waals surface area contributed by atoms with Gasteiger partial charge in [-0.25, -0.2) is 4.98 Å². The van der Waals surface area contributed by atoms with Gasteiger partial charge in [-0.1, -0.05) is 6.07 Å². The molecule has 0 spiro atoms. The molecule has 0 saturated carbocycles. The molecule has 0 saturated heterocycles. The highest BCUT2D eigenvalue weighted by Crippen LogP contribution is 2.25. The quantitative estimate of drug-likeness (QED) is 0.386. The third kappa shape index (κ3) is 5.45. The van der Waals surface area contributed by atoms with E-state index >= 15 is 0 Å². The van der Waals surface area contributed by atoms with Crippen LogP contribution < -0.4 is 16.0 Å². The molecule has 8 heteroatoms. The molecular weight excluding hydrogens is 322 g/mol. The molecule has 2 aromatic rings. The van der Waals surface area contributed by atoms with Crippen molar-refractivity contribution in [3.63, 3.8) is 0 Å². The number of nitro benzene ring substituents is 1. The van der Waals surface area contributed by atoms with E-state index in [1.807, 2.05) is 32.0 Å². The summed E-state index contributed by atoms with van der Waals surface area (Å²) in [4.78, 5) is 26.9. The first-order valence-corrected chi connectivity index (χ1v) is 7.95. The third-order valence-electron chi connectivity index (χ3n) is 3.29. The zero-order valence-electron chi connectivity index (χ0n) is 14.2. The van der Waals surface area contributed by atoms with E-state index in [4.69, 9.17) is 0 Å². The largest absolute Gasteiger partial charge is 0.378 e. The molecule has 1 aromatic heterocycles. The molecule has 8 nitrogen and oxygen atoms in total. The average molecular weight is 343 g/mol. The van der Waals surface area contributed by atoms with Crippen LogP contribution in [0.2, 0.25) is 0 Å². The van der Waals surface area contributed by atoms with Crippen molar-refractivity contribution >= 4 is 23.1 Å². The number of pyridine rings is 1. The maximum absolute atomic E-state index is 12.0. The first-order valence-electron chi connectivity index (χ1n) is 7.95. The Morgan fingerprint density at radius 3 is 2.60 bits per heavy atom. The Hall–Kier alpha value is -3.16. The van der Waals surface area contributed by atoms with Crippen molar-refractivity contribution in [3.8, 4) is 0 Å². The molecule has 1 amide bonds. The van der Waals surface area contributed by atoms with Gasteiger partial charge in [-0.2, -0.15) is 0 Å². The topological polar surface area (TPSA) is 109 Å². The molecule has 0 unspecified atom stereocenters. The van der Waals surface area contributed by atoms with E-state index < -0.39 is 4.92 Å². The molecule has 1 aromatic carbocycles. The molecule has 2 rings (SSSR count). The summed E-state index contributed by atoms with van der Waals surface area (Å²) in [6, 6.07) is 9.89. The molecule has 0 aliphatic carbocycles. The van der Waals surface area contributed by atoms with Gasteiger partial charge in [-0.05, 0) is 38.1 Å². The normalized spacial score (nSPS) is 10.4. The second-order valence-corrected chi connectivity index (χ2v) is 5.69. The number of carbonyl (C=O) groups is 1. The summed E-state index contributed by atoms with van der Waals surface area (Å²) in [7, 11) is 0. The highest BCUT2D eigenvalue weighted by molar-refractivity contribution is 5.95. The average Bonchev–Trinajstić information content (AvgIpc) is 2.59. The lowest BCUT2D eigenvalue weighted by atomic mass is 10.1.